The van der Waals surface area contributed by atoms with E-state index in [2.05, 4.69) is 4.98 Å². The number of para-hydroxylation sites is 1. The number of aryl methyl sites for hydroxylation is 1. The summed E-state index contributed by atoms with van der Waals surface area (Å²) in [6.45, 7) is 3.14. The van der Waals surface area contributed by atoms with Gasteiger partial charge in [-0.1, -0.05) is 12.1 Å². The first-order valence-electron chi connectivity index (χ1n) is 9.00. The smallest absolute Gasteiger partial charge is 0.282 e. The van der Waals surface area contributed by atoms with Crippen LogP contribution in [0, 0.1) is 6.92 Å². The number of ether oxygens (including phenoxy) is 1. The molecule has 3 heterocycles. The Morgan fingerprint density at radius 3 is 2.67 bits per heavy atom. The third-order valence-electron chi connectivity index (χ3n) is 4.99. The number of hydrogen-bond donors (Lipinski definition) is 0. The van der Waals surface area contributed by atoms with Gasteiger partial charge in [-0.25, -0.2) is 4.98 Å². The summed E-state index contributed by atoms with van der Waals surface area (Å²) in [7, 11) is 1.74. The quantitative estimate of drug-likeness (QED) is 0.697. The first-order valence-corrected chi connectivity index (χ1v) is 9.82. The van der Waals surface area contributed by atoms with Gasteiger partial charge in [-0.2, -0.15) is 0 Å². The molecular formula is C20H21N3O3S. The maximum absolute atomic E-state index is 12.8. The second-order valence-electron chi connectivity index (χ2n) is 6.83. The van der Waals surface area contributed by atoms with E-state index in [-0.39, 0.29) is 17.6 Å². The largest absolute Gasteiger partial charge is 0.490 e. The SMILES string of the molecule is Cc1cc(OC2CCN(C(=O)c3nc4ccccc4s3)CC2)cc(=O)n1C. The van der Waals surface area contributed by atoms with Crippen molar-refractivity contribution >= 4 is 27.5 Å². The third-order valence-corrected chi connectivity index (χ3v) is 6.01. The highest BCUT2D eigenvalue weighted by Crippen LogP contribution is 2.25. The first kappa shape index (κ1) is 17.7. The van der Waals surface area contributed by atoms with Gasteiger partial charge in [-0.05, 0) is 25.1 Å². The van der Waals surface area contributed by atoms with Gasteiger partial charge < -0.3 is 14.2 Å². The molecule has 0 aliphatic carbocycles. The molecule has 140 valence electrons. The molecule has 4 rings (SSSR count). The van der Waals surface area contributed by atoms with Crippen molar-refractivity contribution in [2.24, 2.45) is 7.05 Å². The van der Waals surface area contributed by atoms with Crippen molar-refractivity contribution in [2.75, 3.05) is 13.1 Å². The molecule has 1 aromatic carbocycles. The molecule has 0 bridgehead atoms. The number of piperidine rings is 1. The summed E-state index contributed by atoms with van der Waals surface area (Å²) in [6.07, 6.45) is 1.49. The Morgan fingerprint density at radius 2 is 1.96 bits per heavy atom. The van der Waals surface area contributed by atoms with Crippen LogP contribution in [0.25, 0.3) is 10.2 Å². The molecule has 1 amide bonds. The topological polar surface area (TPSA) is 64.4 Å². The normalized spacial score (nSPS) is 15.3. The zero-order valence-electron chi connectivity index (χ0n) is 15.3. The Bertz CT molecular complexity index is 1020. The fourth-order valence-corrected chi connectivity index (χ4v) is 4.21. The molecular weight excluding hydrogens is 362 g/mol. The van der Waals surface area contributed by atoms with Gasteiger partial charge in [0.25, 0.3) is 11.5 Å². The van der Waals surface area contributed by atoms with Crippen LogP contribution in [-0.4, -0.2) is 39.6 Å². The number of carbonyl (C=O) groups excluding carboxylic acids is 1. The molecule has 7 heteroatoms. The lowest BCUT2D eigenvalue weighted by Crippen LogP contribution is -2.41. The molecule has 0 spiro atoms. The molecule has 0 saturated carbocycles. The summed E-state index contributed by atoms with van der Waals surface area (Å²) in [5, 5.41) is 0.540. The average Bonchev–Trinajstić information content (AvgIpc) is 3.10. The number of fused-ring (bicyclic) bond motifs is 1. The van der Waals surface area contributed by atoms with Crippen molar-refractivity contribution < 1.29 is 9.53 Å². The van der Waals surface area contributed by atoms with E-state index in [0.717, 1.165) is 28.8 Å². The Hall–Kier alpha value is -2.67. The standard InChI is InChI=1S/C20H21N3O3S/c1-13-11-15(12-18(24)22(13)2)26-14-7-9-23(10-8-14)20(25)19-21-16-5-3-4-6-17(16)27-19/h3-6,11-12,14H,7-10H2,1-2H3. The lowest BCUT2D eigenvalue weighted by atomic mass is 10.1. The van der Waals surface area contributed by atoms with Crippen molar-refractivity contribution in [3.05, 3.63) is 57.5 Å². The van der Waals surface area contributed by atoms with Crippen LogP contribution < -0.4 is 10.3 Å². The van der Waals surface area contributed by atoms with E-state index in [1.807, 2.05) is 42.2 Å². The molecule has 0 N–H and O–H groups in total. The Morgan fingerprint density at radius 1 is 1.22 bits per heavy atom. The highest BCUT2D eigenvalue weighted by atomic mass is 32.1. The molecule has 1 fully saturated rings. The predicted octanol–water partition coefficient (Wildman–Crippen LogP) is 2.99. The molecule has 3 aromatic rings. The summed E-state index contributed by atoms with van der Waals surface area (Å²) in [6, 6.07) is 11.2. The van der Waals surface area contributed by atoms with E-state index in [1.54, 1.807) is 11.6 Å². The van der Waals surface area contributed by atoms with Crippen LogP contribution in [0.5, 0.6) is 5.75 Å². The molecule has 0 atom stereocenters. The van der Waals surface area contributed by atoms with Gasteiger partial charge in [0.15, 0.2) is 5.01 Å². The fourth-order valence-electron chi connectivity index (χ4n) is 3.27. The van der Waals surface area contributed by atoms with E-state index in [4.69, 9.17) is 4.74 Å². The Labute approximate surface area is 161 Å². The minimum Gasteiger partial charge on any atom is -0.490 e. The minimum absolute atomic E-state index is 0.0101. The monoisotopic (exact) mass is 383 g/mol. The van der Waals surface area contributed by atoms with Gasteiger partial charge >= 0.3 is 0 Å². The van der Waals surface area contributed by atoms with E-state index in [9.17, 15) is 9.59 Å². The second kappa shape index (κ2) is 7.15. The summed E-state index contributed by atoms with van der Waals surface area (Å²) in [5.74, 6) is 0.589. The number of hydrogen-bond acceptors (Lipinski definition) is 5. The van der Waals surface area contributed by atoms with E-state index >= 15 is 0 Å². The van der Waals surface area contributed by atoms with E-state index in [0.29, 0.717) is 23.8 Å². The summed E-state index contributed by atoms with van der Waals surface area (Å²) in [5.41, 5.74) is 1.65. The molecule has 1 aliphatic heterocycles. The van der Waals surface area contributed by atoms with Crippen LogP contribution in [0.1, 0.15) is 28.3 Å². The molecule has 0 radical (unpaired) electrons. The average molecular weight is 383 g/mol. The number of amides is 1. The van der Waals surface area contributed by atoms with E-state index < -0.39 is 0 Å². The van der Waals surface area contributed by atoms with Gasteiger partial charge in [-0.3, -0.25) is 9.59 Å². The molecule has 0 unspecified atom stereocenters. The summed E-state index contributed by atoms with van der Waals surface area (Å²) < 4.78 is 8.61. The van der Waals surface area contributed by atoms with Crippen molar-refractivity contribution in [1.82, 2.24) is 14.5 Å². The maximum atomic E-state index is 12.8. The number of nitrogens with zero attached hydrogens (tertiary/aromatic N) is 3. The number of aromatic nitrogens is 2. The lowest BCUT2D eigenvalue weighted by molar-refractivity contribution is 0.0595. The first-order chi connectivity index (χ1) is 13.0. The van der Waals surface area contributed by atoms with Crippen LogP contribution in [0.2, 0.25) is 0 Å². The number of benzene rings is 1. The molecule has 6 nitrogen and oxygen atoms in total. The predicted molar refractivity (Wildman–Crippen MR) is 106 cm³/mol. The van der Waals surface area contributed by atoms with Gasteiger partial charge in [0.1, 0.15) is 11.9 Å². The number of carbonyl (C=O) groups is 1. The van der Waals surface area contributed by atoms with Crippen LogP contribution in [0.4, 0.5) is 0 Å². The van der Waals surface area contributed by atoms with Crippen molar-refractivity contribution in [3.63, 3.8) is 0 Å². The highest BCUT2D eigenvalue weighted by molar-refractivity contribution is 7.20. The second-order valence-corrected chi connectivity index (χ2v) is 7.86. The van der Waals surface area contributed by atoms with Crippen LogP contribution >= 0.6 is 11.3 Å². The molecule has 27 heavy (non-hydrogen) atoms. The summed E-state index contributed by atoms with van der Waals surface area (Å²) in [4.78, 5) is 31.0. The van der Waals surface area contributed by atoms with Gasteiger partial charge in [0.05, 0.1) is 10.2 Å². The fraction of sp³-hybridized carbons (Fsp3) is 0.350. The van der Waals surface area contributed by atoms with Gasteiger partial charge in [0, 0.05) is 44.7 Å². The van der Waals surface area contributed by atoms with Gasteiger partial charge in [-0.15, -0.1) is 11.3 Å². The van der Waals surface area contributed by atoms with Crippen molar-refractivity contribution in [3.8, 4) is 5.75 Å². The molecule has 2 aromatic heterocycles. The number of rotatable bonds is 3. The molecule has 1 aliphatic rings. The number of pyridine rings is 1. The summed E-state index contributed by atoms with van der Waals surface area (Å²) >= 11 is 1.44. The zero-order chi connectivity index (χ0) is 19.0. The zero-order valence-corrected chi connectivity index (χ0v) is 16.2. The van der Waals surface area contributed by atoms with E-state index in [1.165, 1.54) is 17.4 Å². The highest BCUT2D eigenvalue weighted by Gasteiger charge is 2.26. The third kappa shape index (κ3) is 3.60. The van der Waals surface area contributed by atoms with Crippen LogP contribution in [-0.2, 0) is 7.05 Å². The maximum Gasteiger partial charge on any atom is 0.282 e. The van der Waals surface area contributed by atoms with Crippen molar-refractivity contribution in [2.45, 2.75) is 25.9 Å². The lowest BCUT2D eigenvalue weighted by Gasteiger charge is -2.31. The van der Waals surface area contributed by atoms with Crippen LogP contribution in [0.3, 0.4) is 0 Å². The van der Waals surface area contributed by atoms with Crippen LogP contribution in [0.15, 0.2) is 41.2 Å². The van der Waals surface area contributed by atoms with Crippen molar-refractivity contribution in [1.29, 1.82) is 0 Å². The molecule has 1 saturated heterocycles. The Balaban J connectivity index is 1.40. The number of thiazole rings is 1. The Kier molecular flexibility index (Phi) is 4.70. The number of likely N-dealkylation sites (tertiary alicyclic amines) is 1. The minimum atomic E-state index is -0.0755. The van der Waals surface area contributed by atoms with Gasteiger partial charge in [0.2, 0.25) is 0 Å².